The molecule has 0 fully saturated rings. The summed E-state index contributed by atoms with van der Waals surface area (Å²) in [6.07, 6.45) is 0.103. The van der Waals surface area contributed by atoms with Crippen LogP contribution in [0.4, 0.5) is 0 Å². The summed E-state index contributed by atoms with van der Waals surface area (Å²) in [5.41, 5.74) is 0. The highest BCUT2D eigenvalue weighted by molar-refractivity contribution is 5.69. The SMILES string of the molecule is COC(=O)C[C@H](O)CCN(C)C. The lowest BCUT2D eigenvalue weighted by atomic mass is 10.2. The lowest BCUT2D eigenvalue weighted by Crippen LogP contribution is -2.21. The minimum absolute atomic E-state index is 0.0876. The molecule has 72 valence electrons. The van der Waals surface area contributed by atoms with Crippen LogP contribution in [0.2, 0.25) is 0 Å². The van der Waals surface area contributed by atoms with Crippen molar-refractivity contribution in [1.82, 2.24) is 4.90 Å². The van der Waals surface area contributed by atoms with Crippen molar-refractivity contribution >= 4 is 5.97 Å². The summed E-state index contributed by atoms with van der Waals surface area (Å²) < 4.78 is 4.42. The van der Waals surface area contributed by atoms with Crippen molar-refractivity contribution in [2.24, 2.45) is 0 Å². The topological polar surface area (TPSA) is 49.8 Å². The summed E-state index contributed by atoms with van der Waals surface area (Å²) in [7, 11) is 5.16. The molecule has 0 spiro atoms. The third kappa shape index (κ3) is 6.12. The molecule has 0 unspecified atom stereocenters. The number of hydrogen-bond donors (Lipinski definition) is 1. The first-order valence-electron chi connectivity index (χ1n) is 3.96. The van der Waals surface area contributed by atoms with Gasteiger partial charge in [0, 0.05) is 0 Å². The Hall–Kier alpha value is -0.610. The second kappa shape index (κ2) is 5.97. The summed E-state index contributed by atoms with van der Waals surface area (Å²) in [6.45, 7) is 0.776. The van der Waals surface area contributed by atoms with Crippen LogP contribution in [0.15, 0.2) is 0 Å². The van der Waals surface area contributed by atoms with Crippen LogP contribution in [0.1, 0.15) is 12.8 Å². The molecule has 0 radical (unpaired) electrons. The minimum Gasteiger partial charge on any atom is -0.469 e. The van der Waals surface area contributed by atoms with Crippen LogP contribution in [0, 0.1) is 0 Å². The van der Waals surface area contributed by atoms with Crippen LogP contribution in [0.3, 0.4) is 0 Å². The monoisotopic (exact) mass is 175 g/mol. The van der Waals surface area contributed by atoms with E-state index in [4.69, 9.17) is 0 Å². The molecule has 0 heterocycles. The molecule has 0 aromatic heterocycles. The Morgan fingerprint density at radius 1 is 1.58 bits per heavy atom. The quantitative estimate of drug-likeness (QED) is 0.591. The fraction of sp³-hybridized carbons (Fsp3) is 0.875. The number of aliphatic hydroxyl groups excluding tert-OH is 1. The number of methoxy groups -OCH3 is 1. The number of rotatable bonds is 5. The van der Waals surface area contributed by atoms with E-state index in [-0.39, 0.29) is 12.4 Å². The Morgan fingerprint density at radius 3 is 2.58 bits per heavy atom. The van der Waals surface area contributed by atoms with Gasteiger partial charge in [0.05, 0.1) is 19.6 Å². The second-order valence-electron chi connectivity index (χ2n) is 3.03. The van der Waals surface area contributed by atoms with Crippen molar-refractivity contribution in [1.29, 1.82) is 0 Å². The minimum atomic E-state index is -0.583. The van der Waals surface area contributed by atoms with Crippen molar-refractivity contribution in [3.8, 4) is 0 Å². The fourth-order valence-electron chi connectivity index (χ4n) is 0.785. The molecule has 12 heavy (non-hydrogen) atoms. The molecule has 0 saturated heterocycles. The third-order valence-corrected chi connectivity index (χ3v) is 1.54. The summed E-state index contributed by atoms with van der Waals surface area (Å²) in [4.78, 5) is 12.6. The van der Waals surface area contributed by atoms with E-state index in [0.29, 0.717) is 6.42 Å². The number of carbonyl (C=O) groups is 1. The highest BCUT2D eigenvalue weighted by Gasteiger charge is 2.10. The Bertz CT molecular complexity index is 136. The van der Waals surface area contributed by atoms with Gasteiger partial charge in [0.1, 0.15) is 0 Å². The average Bonchev–Trinajstić information content (AvgIpc) is 2.00. The Kier molecular flexibility index (Phi) is 5.66. The van der Waals surface area contributed by atoms with Gasteiger partial charge in [-0.1, -0.05) is 0 Å². The number of aliphatic hydroxyl groups is 1. The summed E-state index contributed by atoms with van der Waals surface area (Å²) in [5.74, 6) is -0.360. The van der Waals surface area contributed by atoms with Gasteiger partial charge in [-0.2, -0.15) is 0 Å². The average molecular weight is 175 g/mol. The van der Waals surface area contributed by atoms with Crippen molar-refractivity contribution in [2.75, 3.05) is 27.7 Å². The van der Waals surface area contributed by atoms with Crippen LogP contribution in [-0.4, -0.2) is 49.8 Å². The van der Waals surface area contributed by atoms with E-state index >= 15 is 0 Å². The van der Waals surface area contributed by atoms with Gasteiger partial charge in [0.25, 0.3) is 0 Å². The highest BCUT2D eigenvalue weighted by Crippen LogP contribution is 1.99. The number of ether oxygens (including phenoxy) is 1. The summed E-state index contributed by atoms with van der Waals surface area (Å²) in [5, 5.41) is 9.27. The Balaban J connectivity index is 3.45. The van der Waals surface area contributed by atoms with Crippen molar-refractivity contribution in [3.05, 3.63) is 0 Å². The van der Waals surface area contributed by atoms with E-state index in [2.05, 4.69) is 4.74 Å². The molecule has 0 aromatic rings. The smallest absolute Gasteiger partial charge is 0.308 e. The zero-order valence-corrected chi connectivity index (χ0v) is 7.91. The van der Waals surface area contributed by atoms with Crippen molar-refractivity contribution in [2.45, 2.75) is 18.9 Å². The van der Waals surface area contributed by atoms with E-state index in [1.807, 2.05) is 19.0 Å². The van der Waals surface area contributed by atoms with E-state index in [1.54, 1.807) is 0 Å². The number of carbonyl (C=O) groups excluding carboxylic acids is 1. The van der Waals surface area contributed by atoms with Crippen molar-refractivity contribution < 1.29 is 14.6 Å². The normalized spacial score (nSPS) is 13.1. The lowest BCUT2D eigenvalue weighted by Gasteiger charge is -2.12. The standard InChI is InChI=1S/C8H17NO3/c1-9(2)5-4-7(10)6-8(11)12-3/h7,10H,4-6H2,1-3H3/t7-/m1/s1. The Morgan fingerprint density at radius 2 is 2.17 bits per heavy atom. The molecule has 0 aliphatic rings. The van der Waals surface area contributed by atoms with Gasteiger partial charge in [-0.15, -0.1) is 0 Å². The maximum atomic E-state index is 10.7. The lowest BCUT2D eigenvalue weighted by molar-refractivity contribution is -0.142. The van der Waals surface area contributed by atoms with Crippen molar-refractivity contribution in [3.63, 3.8) is 0 Å². The predicted octanol–water partition coefficient (Wildman–Crippen LogP) is -0.138. The molecule has 4 nitrogen and oxygen atoms in total. The molecule has 0 aromatic carbocycles. The summed E-state index contributed by atoms with van der Waals surface area (Å²) in [6, 6.07) is 0. The van der Waals surface area contributed by atoms with Crippen LogP contribution in [0.25, 0.3) is 0 Å². The number of esters is 1. The highest BCUT2D eigenvalue weighted by atomic mass is 16.5. The first-order chi connectivity index (χ1) is 5.56. The molecule has 4 heteroatoms. The van der Waals surface area contributed by atoms with Gasteiger partial charge in [-0.25, -0.2) is 0 Å². The predicted molar refractivity (Wildman–Crippen MR) is 45.8 cm³/mol. The largest absolute Gasteiger partial charge is 0.469 e. The molecular weight excluding hydrogens is 158 g/mol. The van der Waals surface area contributed by atoms with Gasteiger partial charge < -0.3 is 14.7 Å². The number of hydrogen-bond acceptors (Lipinski definition) is 4. The van der Waals surface area contributed by atoms with Gasteiger partial charge in [-0.05, 0) is 27.1 Å². The molecule has 1 atom stereocenters. The zero-order valence-electron chi connectivity index (χ0n) is 7.91. The Labute approximate surface area is 73.1 Å². The molecule has 0 aliphatic carbocycles. The molecule has 0 bridgehead atoms. The van der Waals surface area contributed by atoms with Crippen LogP contribution in [-0.2, 0) is 9.53 Å². The van der Waals surface area contributed by atoms with Gasteiger partial charge in [0.2, 0.25) is 0 Å². The maximum Gasteiger partial charge on any atom is 0.308 e. The molecule has 0 rings (SSSR count). The number of nitrogens with zero attached hydrogens (tertiary/aromatic N) is 1. The zero-order chi connectivity index (χ0) is 9.56. The van der Waals surface area contributed by atoms with Gasteiger partial charge in [0.15, 0.2) is 0 Å². The molecule has 1 N–H and O–H groups in total. The fourth-order valence-corrected chi connectivity index (χ4v) is 0.785. The summed E-state index contributed by atoms with van der Waals surface area (Å²) >= 11 is 0. The molecular formula is C8H17NO3. The van der Waals surface area contributed by atoms with E-state index in [0.717, 1.165) is 6.54 Å². The molecule has 0 amide bonds. The molecule has 0 aliphatic heterocycles. The van der Waals surface area contributed by atoms with Gasteiger partial charge in [-0.3, -0.25) is 4.79 Å². The van der Waals surface area contributed by atoms with E-state index in [1.165, 1.54) is 7.11 Å². The van der Waals surface area contributed by atoms with Crippen LogP contribution < -0.4 is 0 Å². The van der Waals surface area contributed by atoms with Crippen LogP contribution in [0.5, 0.6) is 0 Å². The second-order valence-corrected chi connectivity index (χ2v) is 3.03. The van der Waals surface area contributed by atoms with E-state index in [9.17, 15) is 9.90 Å². The third-order valence-electron chi connectivity index (χ3n) is 1.54. The first kappa shape index (κ1) is 11.4. The molecule has 0 saturated carbocycles. The maximum absolute atomic E-state index is 10.7. The van der Waals surface area contributed by atoms with E-state index < -0.39 is 6.10 Å². The van der Waals surface area contributed by atoms with Gasteiger partial charge >= 0.3 is 5.97 Å². The van der Waals surface area contributed by atoms with Crippen LogP contribution >= 0.6 is 0 Å². The first-order valence-corrected chi connectivity index (χ1v) is 3.96.